The smallest absolute Gasteiger partial charge is 0.308 e. The zero-order valence-electron chi connectivity index (χ0n) is 25.0. The molecule has 0 unspecified atom stereocenters. The van der Waals surface area contributed by atoms with E-state index in [1.54, 1.807) is 12.2 Å². The van der Waals surface area contributed by atoms with Gasteiger partial charge in [0.1, 0.15) is 0 Å². The summed E-state index contributed by atoms with van der Waals surface area (Å²) in [5, 5.41) is 11.0. The summed E-state index contributed by atoms with van der Waals surface area (Å²) in [5.41, 5.74) is 0. The third kappa shape index (κ3) is 11.7. The monoisotopic (exact) mass is 586 g/mol. The quantitative estimate of drug-likeness (QED) is 0.180. The van der Waals surface area contributed by atoms with Gasteiger partial charge in [-0.05, 0) is 15.4 Å². The number of carbonyl (C=O) groups excluding carboxylic acids is 2. The van der Waals surface area contributed by atoms with E-state index in [4.69, 9.17) is 23.7 Å². The molecule has 0 saturated heterocycles. The maximum absolute atomic E-state index is 11.9. The Hall–Kier alpha value is -3.08. The number of aliphatic hydroxyl groups excluding tert-OH is 1. The molecule has 0 bridgehead atoms. The molecule has 0 fully saturated rings. The third-order valence-corrected chi connectivity index (χ3v) is 11.3. The number of hydrogen-bond acceptors (Lipinski definition) is 8. The van der Waals surface area contributed by atoms with E-state index in [-0.39, 0.29) is 30.5 Å². The highest BCUT2D eigenvalue weighted by atomic mass is 28.4. The Morgan fingerprint density at radius 2 is 1.22 bits per heavy atom. The largest absolute Gasteiger partial charge is 0.469 e. The van der Waals surface area contributed by atoms with Crippen molar-refractivity contribution in [2.45, 2.75) is 50.9 Å². The van der Waals surface area contributed by atoms with Crippen molar-refractivity contribution >= 4 is 30.6 Å². The summed E-state index contributed by atoms with van der Waals surface area (Å²) < 4.78 is 27.0. The first kappa shape index (κ1) is 35.9. The zero-order valence-corrected chi connectivity index (χ0v) is 26.0. The fourth-order valence-corrected chi connectivity index (χ4v) is 8.86. The number of carbonyl (C=O) groups is 2. The zero-order chi connectivity index (χ0) is 30.7. The van der Waals surface area contributed by atoms with Crippen molar-refractivity contribution in [2.24, 2.45) is 0 Å². The molecule has 0 heterocycles. The molecule has 0 aliphatic rings. The molecule has 0 aliphatic heterocycles. The maximum Gasteiger partial charge on any atom is 0.308 e. The molecular weight excluding hydrogens is 540 g/mol. The van der Waals surface area contributed by atoms with E-state index in [1.807, 2.05) is 12.1 Å². The SMILES string of the molecule is C=CCO[C@H](CO)CC(=O)OC.C=CCO[C@H](CO[Si](c1ccccc1)(c1ccccc1)C(C)(C)C)CC(=O)OC. The summed E-state index contributed by atoms with van der Waals surface area (Å²) in [6.07, 6.45) is 2.55. The van der Waals surface area contributed by atoms with Gasteiger partial charge >= 0.3 is 11.9 Å². The molecule has 226 valence electrons. The Kier molecular flexibility index (Phi) is 16.8. The van der Waals surface area contributed by atoms with Gasteiger partial charge in [-0.25, -0.2) is 0 Å². The summed E-state index contributed by atoms with van der Waals surface area (Å²) in [5.74, 6) is -0.705. The van der Waals surface area contributed by atoms with Crippen LogP contribution in [0.5, 0.6) is 0 Å². The van der Waals surface area contributed by atoms with E-state index in [1.165, 1.54) is 24.6 Å². The lowest BCUT2D eigenvalue weighted by Gasteiger charge is -2.43. The highest BCUT2D eigenvalue weighted by molar-refractivity contribution is 6.99. The van der Waals surface area contributed by atoms with E-state index in [2.05, 4.69) is 87.2 Å². The lowest BCUT2D eigenvalue weighted by molar-refractivity contribution is -0.145. The van der Waals surface area contributed by atoms with Gasteiger partial charge < -0.3 is 28.5 Å². The molecule has 2 aromatic rings. The second-order valence-electron chi connectivity index (χ2n) is 10.2. The van der Waals surface area contributed by atoms with Crippen molar-refractivity contribution in [1.82, 2.24) is 0 Å². The standard InChI is InChI=1S/C24H32O4Si.C8H14O4/c1-6-17-27-20(18-23(25)26-5)19-28-29(24(2,3)4,21-13-9-7-10-14-21)22-15-11-8-12-16-22;1-3-4-12-7(6-9)5-8(10)11-2/h6-16,20H,1,17-19H2,2-5H3;3,7,9H,1,4-6H2,2H3/t20-;7-/m00/s1. The highest BCUT2D eigenvalue weighted by Gasteiger charge is 2.50. The van der Waals surface area contributed by atoms with Crippen LogP contribution in [0.4, 0.5) is 0 Å². The van der Waals surface area contributed by atoms with Gasteiger partial charge in [-0.15, -0.1) is 13.2 Å². The molecule has 41 heavy (non-hydrogen) atoms. The van der Waals surface area contributed by atoms with Crippen LogP contribution in [0.2, 0.25) is 5.04 Å². The summed E-state index contributed by atoms with van der Waals surface area (Å²) in [4.78, 5) is 22.6. The van der Waals surface area contributed by atoms with Gasteiger partial charge in [0.05, 0.1) is 65.7 Å². The van der Waals surface area contributed by atoms with E-state index < -0.39 is 26.5 Å². The fourth-order valence-electron chi connectivity index (χ4n) is 4.27. The Labute approximate surface area is 246 Å². The Bertz CT molecular complexity index is 997. The molecule has 8 nitrogen and oxygen atoms in total. The topological polar surface area (TPSA) is 101 Å². The number of hydrogen-bond donors (Lipinski definition) is 1. The average Bonchev–Trinajstić information content (AvgIpc) is 2.98. The van der Waals surface area contributed by atoms with Crippen molar-refractivity contribution in [3.63, 3.8) is 0 Å². The van der Waals surface area contributed by atoms with Crippen LogP contribution in [0, 0.1) is 0 Å². The molecule has 0 spiro atoms. The van der Waals surface area contributed by atoms with Gasteiger partial charge in [0.15, 0.2) is 0 Å². The Morgan fingerprint density at radius 3 is 1.59 bits per heavy atom. The second kappa shape index (κ2) is 19.1. The van der Waals surface area contributed by atoms with Crippen molar-refractivity contribution in [3.8, 4) is 0 Å². The van der Waals surface area contributed by atoms with E-state index in [0.29, 0.717) is 19.8 Å². The van der Waals surface area contributed by atoms with Gasteiger partial charge in [0.2, 0.25) is 0 Å². The number of benzene rings is 2. The lowest BCUT2D eigenvalue weighted by atomic mass is 10.2. The molecule has 2 atom stereocenters. The van der Waals surface area contributed by atoms with Crippen LogP contribution in [0.1, 0.15) is 33.6 Å². The molecular formula is C32H46O8Si. The normalized spacial score (nSPS) is 12.7. The number of esters is 2. The van der Waals surface area contributed by atoms with Crippen LogP contribution >= 0.6 is 0 Å². The minimum atomic E-state index is -2.67. The predicted molar refractivity (Wildman–Crippen MR) is 164 cm³/mol. The number of methoxy groups -OCH3 is 2. The molecule has 2 aromatic carbocycles. The number of rotatable bonds is 16. The van der Waals surface area contributed by atoms with Crippen LogP contribution in [0.3, 0.4) is 0 Å². The van der Waals surface area contributed by atoms with Gasteiger partial charge in [-0.3, -0.25) is 9.59 Å². The molecule has 0 amide bonds. The van der Waals surface area contributed by atoms with Crippen LogP contribution < -0.4 is 10.4 Å². The van der Waals surface area contributed by atoms with E-state index >= 15 is 0 Å². The van der Waals surface area contributed by atoms with Crippen LogP contribution in [0.25, 0.3) is 0 Å². The molecule has 0 saturated carbocycles. The van der Waals surface area contributed by atoms with Crippen LogP contribution in [-0.2, 0) is 33.0 Å². The van der Waals surface area contributed by atoms with Crippen LogP contribution in [0.15, 0.2) is 86.0 Å². The molecule has 1 N–H and O–H groups in total. The van der Waals surface area contributed by atoms with Gasteiger partial charge in [-0.2, -0.15) is 0 Å². The van der Waals surface area contributed by atoms with Gasteiger partial charge in [-0.1, -0.05) is 93.6 Å². The van der Waals surface area contributed by atoms with Crippen molar-refractivity contribution < 1.29 is 38.1 Å². The summed E-state index contributed by atoms with van der Waals surface area (Å²) in [6.45, 7) is 14.6. The first-order chi connectivity index (χ1) is 19.6. The van der Waals surface area contributed by atoms with Gasteiger partial charge in [0, 0.05) is 0 Å². The fraction of sp³-hybridized carbons (Fsp3) is 0.438. The molecule has 0 aliphatic carbocycles. The Balaban J connectivity index is 0.000000590. The number of aliphatic hydroxyl groups is 1. The summed E-state index contributed by atoms with van der Waals surface area (Å²) in [7, 11) is 0.0102. The maximum atomic E-state index is 11.9. The highest BCUT2D eigenvalue weighted by Crippen LogP contribution is 2.37. The Morgan fingerprint density at radius 1 is 0.805 bits per heavy atom. The molecule has 0 radical (unpaired) electrons. The molecule has 9 heteroatoms. The van der Waals surface area contributed by atoms with Crippen molar-refractivity contribution in [3.05, 3.63) is 86.0 Å². The summed E-state index contributed by atoms with van der Waals surface area (Å²) in [6, 6.07) is 20.8. The second-order valence-corrected chi connectivity index (χ2v) is 14.5. The lowest BCUT2D eigenvalue weighted by Crippen LogP contribution is -2.67. The first-order valence-electron chi connectivity index (χ1n) is 13.5. The summed E-state index contributed by atoms with van der Waals surface area (Å²) >= 11 is 0. The minimum Gasteiger partial charge on any atom is -0.469 e. The third-order valence-electron chi connectivity index (χ3n) is 6.25. The van der Waals surface area contributed by atoms with E-state index in [0.717, 1.165) is 0 Å². The van der Waals surface area contributed by atoms with E-state index in [9.17, 15) is 9.59 Å². The number of ether oxygens (including phenoxy) is 4. The van der Waals surface area contributed by atoms with Gasteiger partial charge in [0.25, 0.3) is 8.32 Å². The average molecular weight is 587 g/mol. The first-order valence-corrected chi connectivity index (χ1v) is 15.4. The molecule has 2 rings (SSSR count). The van der Waals surface area contributed by atoms with Crippen molar-refractivity contribution in [2.75, 3.05) is 40.6 Å². The molecule has 0 aromatic heterocycles. The predicted octanol–water partition coefficient (Wildman–Crippen LogP) is 3.81. The van der Waals surface area contributed by atoms with Crippen LogP contribution in [-0.4, -0.2) is 78.2 Å². The minimum absolute atomic E-state index is 0.0703. The van der Waals surface area contributed by atoms with Crippen molar-refractivity contribution in [1.29, 1.82) is 0 Å².